The van der Waals surface area contributed by atoms with Crippen LogP contribution in [0.3, 0.4) is 0 Å². The number of anilines is 2. The van der Waals surface area contributed by atoms with Crippen molar-refractivity contribution in [2.75, 3.05) is 10.6 Å². The van der Waals surface area contributed by atoms with E-state index >= 15 is 0 Å². The van der Waals surface area contributed by atoms with Crippen molar-refractivity contribution >= 4 is 17.4 Å². The minimum Gasteiger partial charge on any atom is -0.357 e. The average molecular weight is 286 g/mol. The predicted molar refractivity (Wildman–Crippen MR) is 77.7 cm³/mol. The van der Waals surface area contributed by atoms with E-state index < -0.39 is 0 Å². The van der Waals surface area contributed by atoms with Gasteiger partial charge in [0, 0.05) is 17.7 Å². The van der Waals surface area contributed by atoms with Crippen molar-refractivity contribution in [1.29, 1.82) is 0 Å². The summed E-state index contributed by atoms with van der Waals surface area (Å²) in [7, 11) is 0. The highest BCUT2D eigenvalue weighted by molar-refractivity contribution is 6.00. The van der Waals surface area contributed by atoms with E-state index in [1.165, 1.54) is 0 Å². The van der Waals surface area contributed by atoms with Crippen molar-refractivity contribution in [3.05, 3.63) is 23.4 Å². The Kier molecular flexibility index (Phi) is 3.02. The average Bonchev–Trinajstić information content (AvgIpc) is 2.87. The van der Waals surface area contributed by atoms with Crippen LogP contribution in [0.5, 0.6) is 0 Å². The second kappa shape index (κ2) is 5.02. The Balaban J connectivity index is 1.77. The van der Waals surface area contributed by atoms with Crippen molar-refractivity contribution < 1.29 is 9.42 Å². The van der Waals surface area contributed by atoms with Gasteiger partial charge in [0.1, 0.15) is 0 Å². The van der Waals surface area contributed by atoms with Gasteiger partial charge < -0.3 is 10.6 Å². The summed E-state index contributed by atoms with van der Waals surface area (Å²) in [6, 6.07) is -0.00148. The number of hydrogen-bond donors (Lipinski definition) is 2. The first-order chi connectivity index (χ1) is 10.3. The van der Waals surface area contributed by atoms with Gasteiger partial charge >= 0.3 is 0 Å². The summed E-state index contributed by atoms with van der Waals surface area (Å²) in [6.45, 7) is 0. The SMILES string of the molecule is O=C1CCCC2=C1[C@@H]([C@H]1CC=CCC1)Nc1nonc1N2. The van der Waals surface area contributed by atoms with Gasteiger partial charge in [0.2, 0.25) is 11.6 Å². The van der Waals surface area contributed by atoms with Crippen molar-refractivity contribution in [2.45, 2.75) is 44.6 Å². The number of allylic oxidation sites excluding steroid dienone is 3. The number of Topliss-reactive ketones (excluding diaryl/α,β-unsaturated/α-hetero) is 1. The lowest BCUT2D eigenvalue weighted by Crippen LogP contribution is -2.36. The highest BCUT2D eigenvalue weighted by Crippen LogP contribution is 2.37. The zero-order valence-electron chi connectivity index (χ0n) is 11.8. The molecule has 6 nitrogen and oxygen atoms in total. The quantitative estimate of drug-likeness (QED) is 0.773. The topological polar surface area (TPSA) is 80.1 Å². The molecule has 21 heavy (non-hydrogen) atoms. The number of hydrogen-bond acceptors (Lipinski definition) is 6. The number of carbonyl (C=O) groups is 1. The molecular formula is C15H18N4O2. The number of aromatic nitrogens is 2. The molecule has 1 aliphatic heterocycles. The monoisotopic (exact) mass is 286 g/mol. The fourth-order valence-electron chi connectivity index (χ4n) is 3.56. The van der Waals surface area contributed by atoms with Crippen LogP contribution in [-0.4, -0.2) is 22.1 Å². The summed E-state index contributed by atoms with van der Waals surface area (Å²) in [5.41, 5.74) is 1.90. The lowest BCUT2D eigenvalue weighted by atomic mass is 9.79. The van der Waals surface area contributed by atoms with Gasteiger partial charge in [0.15, 0.2) is 5.78 Å². The fraction of sp³-hybridized carbons (Fsp3) is 0.533. The molecule has 0 spiro atoms. The summed E-state index contributed by atoms with van der Waals surface area (Å²) in [5, 5.41) is 14.5. The van der Waals surface area contributed by atoms with Crippen molar-refractivity contribution in [1.82, 2.24) is 10.3 Å². The first kappa shape index (κ1) is 12.6. The number of nitrogens with zero attached hydrogens (tertiary/aromatic N) is 2. The number of carbonyl (C=O) groups excluding carboxylic acids is 1. The second-order valence-electron chi connectivity index (χ2n) is 5.92. The van der Waals surface area contributed by atoms with Gasteiger partial charge in [0.25, 0.3) is 0 Å². The van der Waals surface area contributed by atoms with Crippen molar-refractivity contribution in [2.24, 2.45) is 5.92 Å². The molecule has 2 N–H and O–H groups in total. The number of rotatable bonds is 1. The Morgan fingerprint density at radius 3 is 2.95 bits per heavy atom. The van der Waals surface area contributed by atoms with Crippen molar-refractivity contribution in [3.8, 4) is 0 Å². The van der Waals surface area contributed by atoms with E-state index in [1.807, 2.05) is 0 Å². The lowest BCUT2D eigenvalue weighted by molar-refractivity contribution is -0.116. The molecule has 0 aromatic carbocycles. The van der Waals surface area contributed by atoms with E-state index in [2.05, 4.69) is 33.1 Å². The molecule has 0 saturated carbocycles. The number of nitrogens with one attached hydrogen (secondary N) is 2. The molecule has 3 aliphatic rings. The Bertz CT molecular complexity index is 631. The summed E-state index contributed by atoms with van der Waals surface area (Å²) in [5.74, 6) is 1.85. The Hall–Kier alpha value is -2.11. The molecule has 4 rings (SSSR count). The fourth-order valence-corrected chi connectivity index (χ4v) is 3.56. The second-order valence-corrected chi connectivity index (χ2v) is 5.92. The largest absolute Gasteiger partial charge is 0.357 e. The van der Waals surface area contributed by atoms with Crippen LogP contribution in [0.15, 0.2) is 28.1 Å². The molecule has 0 radical (unpaired) electrons. The molecule has 110 valence electrons. The smallest absolute Gasteiger partial charge is 0.219 e. The van der Waals surface area contributed by atoms with Crippen molar-refractivity contribution in [3.63, 3.8) is 0 Å². The highest BCUT2D eigenvalue weighted by atomic mass is 16.6. The summed E-state index contributed by atoms with van der Waals surface area (Å²) >= 11 is 0. The number of fused-ring (bicyclic) bond motifs is 1. The predicted octanol–water partition coefficient (Wildman–Crippen LogP) is 2.64. The van der Waals surface area contributed by atoms with E-state index in [1.54, 1.807) is 0 Å². The van der Waals surface area contributed by atoms with Gasteiger partial charge in [-0.25, -0.2) is 4.63 Å². The molecule has 2 heterocycles. The van der Waals surface area contributed by atoms with Gasteiger partial charge in [-0.05, 0) is 48.3 Å². The van der Waals surface area contributed by atoms with Crippen LogP contribution >= 0.6 is 0 Å². The zero-order valence-corrected chi connectivity index (χ0v) is 11.8. The van der Waals surface area contributed by atoms with Crippen LogP contribution in [-0.2, 0) is 4.79 Å². The molecule has 6 heteroatoms. The van der Waals surface area contributed by atoms with Gasteiger partial charge in [-0.3, -0.25) is 4.79 Å². The van der Waals surface area contributed by atoms with Crippen LogP contribution in [0.2, 0.25) is 0 Å². The molecule has 1 aromatic heterocycles. The maximum absolute atomic E-state index is 12.5. The zero-order chi connectivity index (χ0) is 14.2. The van der Waals surface area contributed by atoms with E-state index in [9.17, 15) is 4.79 Å². The molecule has 0 unspecified atom stereocenters. The van der Waals surface area contributed by atoms with E-state index in [4.69, 9.17) is 4.63 Å². The summed E-state index contributed by atoms with van der Waals surface area (Å²) < 4.78 is 4.82. The maximum atomic E-state index is 12.5. The summed E-state index contributed by atoms with van der Waals surface area (Å²) in [4.78, 5) is 12.5. The molecule has 2 atom stereocenters. The van der Waals surface area contributed by atoms with E-state index in [0.29, 0.717) is 24.0 Å². The van der Waals surface area contributed by atoms with Crippen LogP contribution in [0.4, 0.5) is 11.6 Å². The van der Waals surface area contributed by atoms with E-state index in [-0.39, 0.29) is 11.8 Å². The Morgan fingerprint density at radius 2 is 2.10 bits per heavy atom. The van der Waals surface area contributed by atoms with Gasteiger partial charge in [-0.1, -0.05) is 12.2 Å². The third kappa shape index (κ3) is 2.14. The normalized spacial score (nSPS) is 28.3. The van der Waals surface area contributed by atoms with Gasteiger partial charge in [0.05, 0.1) is 6.04 Å². The van der Waals surface area contributed by atoms with E-state index in [0.717, 1.165) is 43.4 Å². The van der Waals surface area contributed by atoms with Gasteiger partial charge in [-0.15, -0.1) is 0 Å². The minimum atomic E-state index is -0.00148. The molecule has 2 aliphatic carbocycles. The van der Waals surface area contributed by atoms with Gasteiger partial charge in [-0.2, -0.15) is 0 Å². The number of ketones is 1. The lowest BCUT2D eigenvalue weighted by Gasteiger charge is -2.31. The third-order valence-corrected chi connectivity index (χ3v) is 4.60. The molecule has 0 amide bonds. The first-order valence-corrected chi connectivity index (χ1v) is 7.60. The summed E-state index contributed by atoms with van der Waals surface area (Å²) in [6.07, 6.45) is 9.97. The standard InChI is InChI=1S/C15H18N4O2/c20-11-8-4-7-10-12(11)13(9-5-2-1-3-6-9)17-15-14(16-10)18-21-19-15/h1-2,9,13H,3-8H2,(H,16,18)(H,17,19)/t9-,13+/m0/s1. The maximum Gasteiger partial charge on any atom is 0.219 e. The molecule has 0 fully saturated rings. The molecule has 0 bridgehead atoms. The van der Waals surface area contributed by atoms with Crippen LogP contribution in [0, 0.1) is 5.92 Å². The first-order valence-electron chi connectivity index (χ1n) is 7.60. The molecule has 1 aromatic rings. The third-order valence-electron chi connectivity index (χ3n) is 4.60. The Labute approximate surface area is 122 Å². The van der Waals surface area contributed by atoms with Crippen LogP contribution in [0.25, 0.3) is 0 Å². The van der Waals surface area contributed by atoms with Crippen LogP contribution < -0.4 is 10.6 Å². The molecule has 0 saturated heterocycles. The molecular weight excluding hydrogens is 268 g/mol. The minimum absolute atomic E-state index is 0.00148. The highest BCUT2D eigenvalue weighted by Gasteiger charge is 2.36. The van der Waals surface area contributed by atoms with Crippen LogP contribution in [0.1, 0.15) is 38.5 Å². The Morgan fingerprint density at radius 1 is 1.19 bits per heavy atom.